The van der Waals surface area contributed by atoms with E-state index in [9.17, 15) is 14.0 Å². The van der Waals surface area contributed by atoms with Crippen molar-refractivity contribution in [2.75, 3.05) is 18.6 Å². The molecule has 0 saturated carbocycles. The third kappa shape index (κ3) is 5.25. The minimum Gasteiger partial charge on any atom is -0.469 e. The maximum atomic E-state index is 13.1. The number of aromatic nitrogens is 2. The van der Waals surface area contributed by atoms with Crippen LogP contribution in [-0.4, -0.2) is 41.5 Å². The number of carbonyl (C=O) groups excluding carboxylic acids is 2. The molecule has 0 bridgehead atoms. The number of hydrogen-bond donors (Lipinski definition) is 1. The molecule has 8 nitrogen and oxygen atoms in total. The van der Waals surface area contributed by atoms with Crippen LogP contribution in [0.25, 0.3) is 11.4 Å². The van der Waals surface area contributed by atoms with Gasteiger partial charge in [-0.25, -0.2) is 14.4 Å². The Bertz CT molecular complexity index is 1150. The second-order valence-electron chi connectivity index (χ2n) is 7.65. The van der Waals surface area contributed by atoms with Crippen molar-refractivity contribution in [1.82, 2.24) is 9.97 Å². The number of hydrogen-bond acceptors (Lipinski definition) is 7. The minimum atomic E-state index is -0.667. The predicted molar refractivity (Wildman–Crippen MR) is 119 cm³/mol. The van der Waals surface area contributed by atoms with E-state index in [1.54, 1.807) is 30.3 Å². The molecule has 1 saturated heterocycles. The highest BCUT2D eigenvalue weighted by Gasteiger charge is 2.29. The summed E-state index contributed by atoms with van der Waals surface area (Å²) in [5.41, 5.74) is 6.27. The van der Waals surface area contributed by atoms with Gasteiger partial charge in [0.15, 0.2) is 5.82 Å². The van der Waals surface area contributed by atoms with Crippen molar-refractivity contribution in [3.63, 3.8) is 0 Å². The Hall–Kier alpha value is -4.01. The standard InChI is InChI=1S/C24H23FN4O4/c1-32-22(30)13-17-3-2-12-29(17)21-14-20(23(26)31)27-24(28-21)15-4-8-18(9-5-15)33-19-10-6-16(25)7-11-19/h4-11,14,17H,2-3,12-13H2,1H3,(H2,26,31)/t17-/m0/s1. The van der Waals surface area contributed by atoms with Gasteiger partial charge in [-0.05, 0) is 61.4 Å². The van der Waals surface area contributed by atoms with Crippen LogP contribution in [0, 0.1) is 5.82 Å². The summed E-state index contributed by atoms with van der Waals surface area (Å²) in [6.45, 7) is 0.695. The average molecular weight is 450 g/mol. The Labute approximate surface area is 190 Å². The van der Waals surface area contributed by atoms with Crippen LogP contribution in [0.2, 0.25) is 0 Å². The molecule has 0 unspecified atom stereocenters. The van der Waals surface area contributed by atoms with Crippen LogP contribution in [0.4, 0.5) is 10.2 Å². The van der Waals surface area contributed by atoms with Gasteiger partial charge < -0.3 is 20.1 Å². The van der Waals surface area contributed by atoms with E-state index in [4.69, 9.17) is 15.2 Å². The molecule has 170 valence electrons. The first-order valence-electron chi connectivity index (χ1n) is 10.5. The van der Waals surface area contributed by atoms with E-state index in [1.807, 2.05) is 4.90 Å². The number of esters is 1. The fourth-order valence-corrected chi connectivity index (χ4v) is 3.77. The lowest BCUT2D eigenvalue weighted by atomic mass is 10.1. The Balaban J connectivity index is 1.60. The smallest absolute Gasteiger partial charge is 0.307 e. The van der Waals surface area contributed by atoms with Crippen LogP contribution in [0.1, 0.15) is 29.8 Å². The number of halogens is 1. The molecular weight excluding hydrogens is 427 g/mol. The van der Waals surface area contributed by atoms with Gasteiger partial charge in [-0.15, -0.1) is 0 Å². The van der Waals surface area contributed by atoms with Gasteiger partial charge in [0, 0.05) is 24.2 Å². The second-order valence-corrected chi connectivity index (χ2v) is 7.65. The number of anilines is 1. The Morgan fingerprint density at radius 3 is 2.39 bits per heavy atom. The van der Waals surface area contributed by atoms with Gasteiger partial charge >= 0.3 is 5.97 Å². The van der Waals surface area contributed by atoms with Crippen molar-refractivity contribution >= 4 is 17.7 Å². The summed E-state index contributed by atoms with van der Waals surface area (Å²) >= 11 is 0. The van der Waals surface area contributed by atoms with Crippen LogP contribution >= 0.6 is 0 Å². The monoisotopic (exact) mass is 450 g/mol. The van der Waals surface area contributed by atoms with Crippen molar-refractivity contribution in [2.24, 2.45) is 5.73 Å². The van der Waals surface area contributed by atoms with Crippen molar-refractivity contribution < 1.29 is 23.5 Å². The highest BCUT2D eigenvalue weighted by atomic mass is 19.1. The normalized spacial score (nSPS) is 15.3. The number of primary amides is 1. The van der Waals surface area contributed by atoms with E-state index in [0.717, 1.165) is 12.8 Å². The number of ether oxygens (including phenoxy) is 2. The van der Waals surface area contributed by atoms with Crippen LogP contribution in [-0.2, 0) is 9.53 Å². The molecule has 1 aliphatic rings. The number of amides is 1. The minimum absolute atomic E-state index is 0.0765. The highest BCUT2D eigenvalue weighted by Crippen LogP contribution is 2.30. The largest absolute Gasteiger partial charge is 0.469 e. The summed E-state index contributed by atoms with van der Waals surface area (Å²) in [6.07, 6.45) is 1.94. The first-order chi connectivity index (χ1) is 15.9. The SMILES string of the molecule is COC(=O)C[C@@H]1CCCN1c1cc(C(N)=O)nc(-c2ccc(Oc3ccc(F)cc3)cc2)n1. The molecule has 2 aromatic carbocycles. The zero-order chi connectivity index (χ0) is 23.4. The van der Waals surface area contributed by atoms with Crippen LogP contribution in [0.3, 0.4) is 0 Å². The molecule has 2 N–H and O–H groups in total. The molecule has 9 heteroatoms. The van der Waals surface area contributed by atoms with Crippen molar-refractivity contribution in [3.8, 4) is 22.9 Å². The quantitative estimate of drug-likeness (QED) is 0.547. The Morgan fingerprint density at radius 1 is 1.09 bits per heavy atom. The number of nitrogens with zero attached hydrogens (tertiary/aromatic N) is 3. The fraction of sp³-hybridized carbons (Fsp3) is 0.250. The van der Waals surface area contributed by atoms with Crippen molar-refractivity contribution in [2.45, 2.75) is 25.3 Å². The number of carbonyl (C=O) groups is 2. The van der Waals surface area contributed by atoms with E-state index in [0.29, 0.717) is 35.2 Å². The molecule has 0 aliphatic carbocycles. The van der Waals surface area contributed by atoms with E-state index in [2.05, 4.69) is 9.97 Å². The van der Waals surface area contributed by atoms with E-state index in [1.165, 1.54) is 31.4 Å². The topological polar surface area (TPSA) is 108 Å². The molecule has 4 rings (SSSR count). The third-order valence-electron chi connectivity index (χ3n) is 5.43. The molecule has 1 atom stereocenters. The van der Waals surface area contributed by atoms with Gasteiger partial charge in [-0.2, -0.15) is 0 Å². The van der Waals surface area contributed by atoms with Gasteiger partial charge in [0.2, 0.25) is 0 Å². The molecule has 1 aliphatic heterocycles. The molecular formula is C24H23FN4O4. The van der Waals surface area contributed by atoms with Gasteiger partial charge in [0.1, 0.15) is 28.8 Å². The highest BCUT2D eigenvalue weighted by molar-refractivity contribution is 5.92. The maximum Gasteiger partial charge on any atom is 0.307 e. The van der Waals surface area contributed by atoms with Crippen LogP contribution < -0.4 is 15.4 Å². The molecule has 2 heterocycles. The van der Waals surface area contributed by atoms with Gasteiger partial charge in [0.25, 0.3) is 5.91 Å². The lowest BCUT2D eigenvalue weighted by Crippen LogP contribution is -2.33. The first-order valence-corrected chi connectivity index (χ1v) is 10.5. The van der Waals surface area contributed by atoms with Gasteiger partial charge in [0.05, 0.1) is 13.5 Å². The molecule has 0 spiro atoms. The van der Waals surface area contributed by atoms with Crippen molar-refractivity contribution in [1.29, 1.82) is 0 Å². The number of rotatable bonds is 7. The van der Waals surface area contributed by atoms with Gasteiger partial charge in [-0.3, -0.25) is 9.59 Å². The molecule has 1 fully saturated rings. The molecule has 0 radical (unpaired) electrons. The van der Waals surface area contributed by atoms with Crippen molar-refractivity contribution in [3.05, 3.63) is 66.1 Å². The predicted octanol–water partition coefficient (Wildman–Crippen LogP) is 3.71. The fourth-order valence-electron chi connectivity index (χ4n) is 3.77. The summed E-state index contributed by atoms with van der Waals surface area (Å²) in [7, 11) is 1.36. The second kappa shape index (κ2) is 9.64. The molecule has 1 aromatic heterocycles. The van der Waals surface area contributed by atoms with Gasteiger partial charge in [-0.1, -0.05) is 0 Å². The summed E-state index contributed by atoms with van der Waals surface area (Å²) in [5, 5.41) is 0. The number of benzene rings is 2. The Kier molecular flexibility index (Phi) is 6.48. The summed E-state index contributed by atoms with van der Waals surface area (Å²) in [4.78, 5) is 34.7. The first kappa shape index (κ1) is 22.2. The third-order valence-corrected chi connectivity index (χ3v) is 5.43. The lowest BCUT2D eigenvalue weighted by molar-refractivity contribution is -0.140. The maximum absolute atomic E-state index is 13.1. The summed E-state index contributed by atoms with van der Waals surface area (Å²) < 4.78 is 23.6. The van der Waals surface area contributed by atoms with E-state index < -0.39 is 5.91 Å². The summed E-state index contributed by atoms with van der Waals surface area (Å²) in [5.74, 6) is 0.614. The van der Waals surface area contributed by atoms with Crippen LogP contribution in [0.5, 0.6) is 11.5 Å². The summed E-state index contributed by atoms with van der Waals surface area (Å²) in [6, 6.07) is 14.2. The van der Waals surface area contributed by atoms with E-state index >= 15 is 0 Å². The molecule has 3 aromatic rings. The average Bonchev–Trinajstić information content (AvgIpc) is 3.28. The number of methoxy groups -OCH3 is 1. The molecule has 1 amide bonds. The molecule has 33 heavy (non-hydrogen) atoms. The van der Waals surface area contributed by atoms with Crippen LogP contribution in [0.15, 0.2) is 54.6 Å². The number of nitrogens with two attached hydrogens (primary N) is 1. The van der Waals surface area contributed by atoms with E-state index in [-0.39, 0.29) is 29.9 Å². The zero-order valence-electron chi connectivity index (χ0n) is 18.0. The Morgan fingerprint density at radius 2 is 1.76 bits per heavy atom. The lowest BCUT2D eigenvalue weighted by Gasteiger charge is -2.25. The zero-order valence-corrected chi connectivity index (χ0v) is 18.0.